The van der Waals surface area contributed by atoms with Crippen molar-refractivity contribution >= 4 is 16.8 Å². The van der Waals surface area contributed by atoms with Crippen molar-refractivity contribution in [2.75, 3.05) is 6.61 Å². The van der Waals surface area contributed by atoms with E-state index < -0.39 is 11.4 Å². The van der Waals surface area contributed by atoms with Gasteiger partial charge in [-0.3, -0.25) is 4.79 Å². The molecule has 0 aliphatic carbocycles. The molecule has 1 aromatic heterocycles. The van der Waals surface area contributed by atoms with Crippen molar-refractivity contribution in [3.05, 3.63) is 35.8 Å². The lowest BCUT2D eigenvalue weighted by molar-refractivity contribution is 0.0192. The van der Waals surface area contributed by atoms with Crippen LogP contribution in [0.3, 0.4) is 0 Å². The molecule has 0 bridgehead atoms. The molecule has 1 aliphatic rings. The van der Waals surface area contributed by atoms with Crippen LogP contribution in [-0.2, 0) is 4.74 Å². The summed E-state index contributed by atoms with van der Waals surface area (Å²) < 4.78 is 24.3. The van der Waals surface area contributed by atoms with E-state index in [2.05, 4.69) is 0 Å². The Morgan fingerprint density at radius 2 is 2.28 bits per heavy atom. The standard InChI is InChI=1S/C14H13FO3/c1-14(6-3-7-17-14)13(16)11-8-9-4-2-5-10(15)12(9)18-11/h2,4-5,8H,3,6-7H2,1H3. The van der Waals surface area contributed by atoms with Gasteiger partial charge in [0.2, 0.25) is 5.78 Å². The lowest BCUT2D eigenvalue weighted by Crippen LogP contribution is -2.33. The summed E-state index contributed by atoms with van der Waals surface area (Å²) in [6.45, 7) is 2.34. The van der Waals surface area contributed by atoms with Crippen LogP contribution in [0, 0.1) is 5.82 Å². The first-order valence-electron chi connectivity index (χ1n) is 5.97. The molecule has 2 heterocycles. The Labute approximate surface area is 104 Å². The molecule has 0 radical (unpaired) electrons. The van der Waals surface area contributed by atoms with Gasteiger partial charge in [-0.15, -0.1) is 0 Å². The average molecular weight is 248 g/mol. The molecular weight excluding hydrogens is 235 g/mol. The fraction of sp³-hybridized carbons (Fsp3) is 0.357. The molecule has 1 fully saturated rings. The molecule has 3 rings (SSSR count). The van der Waals surface area contributed by atoms with Crippen molar-refractivity contribution in [3.8, 4) is 0 Å². The Morgan fingerprint density at radius 1 is 1.44 bits per heavy atom. The normalized spacial score (nSPS) is 23.7. The third-order valence-corrected chi connectivity index (χ3v) is 3.42. The number of carbonyl (C=O) groups excluding carboxylic acids is 1. The Morgan fingerprint density at radius 3 is 2.94 bits per heavy atom. The van der Waals surface area contributed by atoms with Crippen LogP contribution >= 0.6 is 0 Å². The third kappa shape index (κ3) is 1.64. The number of benzene rings is 1. The zero-order valence-corrected chi connectivity index (χ0v) is 10.0. The van der Waals surface area contributed by atoms with Gasteiger partial charge < -0.3 is 9.15 Å². The Bertz CT molecular complexity index is 609. The largest absolute Gasteiger partial charge is 0.450 e. The predicted octanol–water partition coefficient (Wildman–Crippen LogP) is 3.32. The number of para-hydroxylation sites is 1. The van der Waals surface area contributed by atoms with Crippen molar-refractivity contribution in [1.29, 1.82) is 0 Å². The van der Waals surface area contributed by atoms with Crippen LogP contribution < -0.4 is 0 Å². The van der Waals surface area contributed by atoms with Gasteiger partial charge in [0, 0.05) is 12.0 Å². The van der Waals surface area contributed by atoms with E-state index in [0.717, 1.165) is 6.42 Å². The van der Waals surface area contributed by atoms with Crippen LogP contribution in [0.4, 0.5) is 4.39 Å². The molecule has 0 spiro atoms. The Balaban J connectivity index is 2.04. The Kier molecular flexibility index (Phi) is 2.48. The molecule has 2 aromatic rings. The molecule has 3 nitrogen and oxygen atoms in total. The molecule has 0 amide bonds. The third-order valence-electron chi connectivity index (χ3n) is 3.42. The van der Waals surface area contributed by atoms with Gasteiger partial charge in [0.15, 0.2) is 17.2 Å². The molecule has 1 saturated heterocycles. The van der Waals surface area contributed by atoms with Crippen LogP contribution in [0.25, 0.3) is 11.0 Å². The molecule has 4 heteroatoms. The van der Waals surface area contributed by atoms with Crippen LogP contribution in [0.5, 0.6) is 0 Å². The van der Waals surface area contributed by atoms with E-state index in [1.54, 1.807) is 25.1 Å². The van der Waals surface area contributed by atoms with Crippen molar-refractivity contribution in [3.63, 3.8) is 0 Å². The minimum Gasteiger partial charge on any atom is -0.450 e. The maximum absolute atomic E-state index is 13.5. The predicted molar refractivity (Wildman–Crippen MR) is 64.1 cm³/mol. The van der Waals surface area contributed by atoms with Gasteiger partial charge in [-0.05, 0) is 31.9 Å². The van der Waals surface area contributed by atoms with Crippen LogP contribution in [0.2, 0.25) is 0 Å². The van der Waals surface area contributed by atoms with E-state index in [0.29, 0.717) is 18.4 Å². The zero-order valence-electron chi connectivity index (χ0n) is 10.0. The smallest absolute Gasteiger partial charge is 0.229 e. The second kappa shape index (κ2) is 3.92. The number of fused-ring (bicyclic) bond motifs is 1. The van der Waals surface area contributed by atoms with E-state index in [1.165, 1.54) is 6.07 Å². The first-order chi connectivity index (χ1) is 8.60. The molecule has 0 N–H and O–H groups in total. The number of hydrogen-bond acceptors (Lipinski definition) is 3. The summed E-state index contributed by atoms with van der Waals surface area (Å²) in [7, 11) is 0. The van der Waals surface area contributed by atoms with Crippen LogP contribution in [-0.4, -0.2) is 18.0 Å². The number of ketones is 1. The van der Waals surface area contributed by atoms with Gasteiger partial charge in [-0.2, -0.15) is 0 Å². The maximum atomic E-state index is 13.5. The summed E-state index contributed by atoms with van der Waals surface area (Å²) >= 11 is 0. The first kappa shape index (κ1) is 11.4. The van der Waals surface area contributed by atoms with E-state index in [1.807, 2.05) is 0 Å². The molecule has 0 saturated carbocycles. The van der Waals surface area contributed by atoms with Crippen molar-refractivity contribution in [1.82, 2.24) is 0 Å². The van der Waals surface area contributed by atoms with Crippen molar-refractivity contribution in [2.24, 2.45) is 0 Å². The second-order valence-corrected chi connectivity index (χ2v) is 4.78. The number of hydrogen-bond donors (Lipinski definition) is 0. The lowest BCUT2D eigenvalue weighted by atomic mass is 9.95. The maximum Gasteiger partial charge on any atom is 0.229 e. The number of furan rings is 1. The molecule has 1 aromatic carbocycles. The molecule has 1 aliphatic heterocycles. The lowest BCUT2D eigenvalue weighted by Gasteiger charge is -2.19. The first-order valence-corrected chi connectivity index (χ1v) is 5.97. The molecule has 94 valence electrons. The zero-order chi connectivity index (χ0) is 12.8. The summed E-state index contributed by atoms with van der Waals surface area (Å²) in [5, 5.41) is 0.597. The van der Waals surface area contributed by atoms with E-state index in [9.17, 15) is 9.18 Å². The van der Waals surface area contributed by atoms with E-state index >= 15 is 0 Å². The topological polar surface area (TPSA) is 39.4 Å². The molecule has 1 atom stereocenters. The van der Waals surface area contributed by atoms with Gasteiger partial charge in [-0.25, -0.2) is 4.39 Å². The number of ether oxygens (including phenoxy) is 1. The van der Waals surface area contributed by atoms with Crippen LogP contribution in [0.1, 0.15) is 30.3 Å². The molecule has 1 unspecified atom stereocenters. The van der Waals surface area contributed by atoms with Gasteiger partial charge in [0.25, 0.3) is 0 Å². The van der Waals surface area contributed by atoms with Gasteiger partial charge >= 0.3 is 0 Å². The van der Waals surface area contributed by atoms with E-state index in [-0.39, 0.29) is 17.1 Å². The summed E-state index contributed by atoms with van der Waals surface area (Å²) in [6, 6.07) is 6.20. The molecule has 18 heavy (non-hydrogen) atoms. The monoisotopic (exact) mass is 248 g/mol. The van der Waals surface area contributed by atoms with Gasteiger partial charge in [0.05, 0.1) is 0 Å². The Hall–Kier alpha value is -1.68. The summed E-state index contributed by atoms with van der Waals surface area (Å²) in [5.41, 5.74) is -0.702. The number of halogens is 1. The second-order valence-electron chi connectivity index (χ2n) is 4.78. The quantitative estimate of drug-likeness (QED) is 0.765. The average Bonchev–Trinajstić information content (AvgIpc) is 2.96. The highest BCUT2D eigenvalue weighted by Crippen LogP contribution is 2.31. The van der Waals surface area contributed by atoms with Crippen LogP contribution in [0.15, 0.2) is 28.7 Å². The highest BCUT2D eigenvalue weighted by molar-refractivity contribution is 6.03. The molecular formula is C14H13FO3. The van der Waals surface area contributed by atoms with Crippen molar-refractivity contribution < 1.29 is 18.3 Å². The van der Waals surface area contributed by atoms with E-state index in [4.69, 9.17) is 9.15 Å². The number of Topliss-reactive ketones (excluding diaryl/α,β-unsaturated/α-hetero) is 1. The highest BCUT2D eigenvalue weighted by atomic mass is 19.1. The summed E-state index contributed by atoms with van der Waals surface area (Å²) in [4.78, 5) is 12.3. The highest BCUT2D eigenvalue weighted by Gasteiger charge is 2.40. The number of carbonyl (C=O) groups is 1. The van der Waals surface area contributed by atoms with Gasteiger partial charge in [0.1, 0.15) is 5.60 Å². The number of rotatable bonds is 2. The van der Waals surface area contributed by atoms with Gasteiger partial charge in [-0.1, -0.05) is 12.1 Å². The summed E-state index contributed by atoms with van der Waals surface area (Å²) in [6.07, 6.45) is 1.53. The summed E-state index contributed by atoms with van der Waals surface area (Å²) in [5.74, 6) is -0.501. The minimum absolute atomic E-state index is 0.127. The fourth-order valence-corrected chi connectivity index (χ4v) is 2.36. The minimum atomic E-state index is -0.829. The fourth-order valence-electron chi connectivity index (χ4n) is 2.36. The SMILES string of the molecule is CC1(C(=O)c2cc3cccc(F)c3o2)CCCO1. The van der Waals surface area contributed by atoms with Crippen molar-refractivity contribution in [2.45, 2.75) is 25.4 Å².